The average molecular weight is 159 g/mol. The minimum absolute atomic E-state index is 0.263. The van der Waals surface area contributed by atoms with Crippen LogP contribution in [0.5, 0.6) is 0 Å². The Morgan fingerprint density at radius 3 is 2.27 bits per heavy atom. The summed E-state index contributed by atoms with van der Waals surface area (Å²) in [5, 5.41) is 8.35. The minimum Gasteiger partial charge on any atom is -0.480 e. The zero-order valence-corrected chi connectivity index (χ0v) is 6.70. The molecule has 11 heavy (non-hydrogen) atoms. The molecule has 0 aromatic rings. The highest BCUT2D eigenvalue weighted by molar-refractivity contribution is 6.02. The Balaban J connectivity index is 4.13. The molecule has 0 heterocycles. The third kappa shape index (κ3) is 2.67. The van der Waals surface area contributed by atoms with Gasteiger partial charge in [0.05, 0.1) is 0 Å². The Labute approximate surface area is 65.4 Å². The lowest BCUT2D eigenvalue weighted by molar-refractivity contribution is -0.143. The van der Waals surface area contributed by atoms with E-state index in [4.69, 9.17) is 10.8 Å². The smallest absolute Gasteiger partial charge is 0.328 e. The molecule has 3 N–H and O–H groups in total. The number of aliphatic carboxylic acids is 1. The molecule has 0 aliphatic heterocycles. The zero-order chi connectivity index (χ0) is 9.02. The summed E-state index contributed by atoms with van der Waals surface area (Å²) in [4.78, 5) is 21.2. The van der Waals surface area contributed by atoms with E-state index in [1.54, 1.807) is 6.92 Å². The molecule has 0 aliphatic carbocycles. The number of carbonyl (C=O) groups is 2. The normalized spacial score (nSPS) is 15.5. The lowest BCUT2D eigenvalue weighted by Crippen LogP contribution is -2.41. The molecule has 4 nitrogen and oxygen atoms in total. The van der Waals surface area contributed by atoms with Gasteiger partial charge in [-0.25, -0.2) is 0 Å². The summed E-state index contributed by atoms with van der Waals surface area (Å²) in [7, 11) is 0. The minimum atomic E-state index is -1.36. The molecule has 0 aromatic heterocycles. The second-order valence-electron chi connectivity index (χ2n) is 2.53. The molecule has 2 atom stereocenters. The van der Waals surface area contributed by atoms with Crippen LogP contribution in [0.15, 0.2) is 0 Å². The summed E-state index contributed by atoms with van der Waals surface area (Å²) >= 11 is 0. The number of carboxylic acids is 1. The van der Waals surface area contributed by atoms with Crippen LogP contribution >= 0.6 is 0 Å². The molecule has 0 spiro atoms. The molecule has 0 saturated heterocycles. The van der Waals surface area contributed by atoms with Gasteiger partial charge in [0.1, 0.15) is 0 Å². The van der Waals surface area contributed by atoms with Gasteiger partial charge in [-0.15, -0.1) is 0 Å². The van der Waals surface area contributed by atoms with Crippen LogP contribution < -0.4 is 5.73 Å². The molecule has 64 valence electrons. The van der Waals surface area contributed by atoms with E-state index in [1.807, 2.05) is 6.92 Å². The Morgan fingerprint density at radius 1 is 1.55 bits per heavy atom. The fraction of sp³-hybridized carbons (Fsp3) is 0.714. The van der Waals surface area contributed by atoms with Gasteiger partial charge in [0.2, 0.25) is 0 Å². The van der Waals surface area contributed by atoms with Gasteiger partial charge in [0.15, 0.2) is 11.8 Å². The monoisotopic (exact) mass is 159 g/mol. The van der Waals surface area contributed by atoms with Crippen molar-refractivity contribution in [3.8, 4) is 0 Å². The van der Waals surface area contributed by atoms with Crippen molar-refractivity contribution >= 4 is 11.8 Å². The molecule has 0 aromatic carbocycles. The first-order valence-corrected chi connectivity index (χ1v) is 3.52. The quantitative estimate of drug-likeness (QED) is 0.566. The SMILES string of the molecule is CCC(C)C(=O)C(N)C(=O)O. The van der Waals surface area contributed by atoms with E-state index in [-0.39, 0.29) is 5.92 Å². The molecule has 0 rings (SSSR count). The first-order chi connectivity index (χ1) is 5.00. The van der Waals surface area contributed by atoms with Crippen LogP contribution in [-0.2, 0) is 9.59 Å². The average Bonchev–Trinajstić information content (AvgIpc) is 2.00. The summed E-state index contributed by atoms with van der Waals surface area (Å²) in [6, 6.07) is -1.36. The highest BCUT2D eigenvalue weighted by Crippen LogP contribution is 2.04. The predicted molar refractivity (Wildman–Crippen MR) is 40.1 cm³/mol. The molecule has 0 radical (unpaired) electrons. The van der Waals surface area contributed by atoms with Crippen molar-refractivity contribution in [2.24, 2.45) is 11.7 Å². The van der Waals surface area contributed by atoms with Gasteiger partial charge >= 0.3 is 5.97 Å². The lowest BCUT2D eigenvalue weighted by atomic mass is 9.98. The lowest BCUT2D eigenvalue weighted by Gasteiger charge is -2.09. The Bertz CT molecular complexity index is 167. The van der Waals surface area contributed by atoms with Crippen LogP contribution in [0.2, 0.25) is 0 Å². The number of rotatable bonds is 4. The number of nitrogens with two attached hydrogens (primary N) is 1. The summed E-state index contributed by atoms with van der Waals surface area (Å²) in [6.07, 6.45) is 0.625. The first-order valence-electron chi connectivity index (χ1n) is 3.52. The third-order valence-corrected chi connectivity index (χ3v) is 1.67. The van der Waals surface area contributed by atoms with Crippen LogP contribution in [0.4, 0.5) is 0 Å². The molecular formula is C7H13NO3. The molecule has 4 heteroatoms. The van der Waals surface area contributed by atoms with Gasteiger partial charge in [-0.05, 0) is 6.42 Å². The van der Waals surface area contributed by atoms with Gasteiger partial charge < -0.3 is 10.8 Å². The molecule has 0 amide bonds. The van der Waals surface area contributed by atoms with Crippen molar-refractivity contribution in [3.63, 3.8) is 0 Å². The number of hydrogen-bond acceptors (Lipinski definition) is 3. The van der Waals surface area contributed by atoms with Crippen LogP contribution in [0.3, 0.4) is 0 Å². The van der Waals surface area contributed by atoms with E-state index in [0.29, 0.717) is 6.42 Å². The van der Waals surface area contributed by atoms with Crippen LogP contribution in [0.25, 0.3) is 0 Å². The third-order valence-electron chi connectivity index (χ3n) is 1.67. The van der Waals surface area contributed by atoms with Crippen molar-refractivity contribution in [2.45, 2.75) is 26.3 Å². The fourth-order valence-corrected chi connectivity index (χ4v) is 0.629. The van der Waals surface area contributed by atoms with Crippen molar-refractivity contribution in [1.82, 2.24) is 0 Å². The van der Waals surface area contributed by atoms with Gasteiger partial charge in [-0.2, -0.15) is 0 Å². The number of ketones is 1. The van der Waals surface area contributed by atoms with Crippen molar-refractivity contribution in [2.75, 3.05) is 0 Å². The maximum absolute atomic E-state index is 11.0. The van der Waals surface area contributed by atoms with Crippen LogP contribution in [-0.4, -0.2) is 22.9 Å². The molecule has 0 aliphatic rings. The maximum Gasteiger partial charge on any atom is 0.328 e. The van der Waals surface area contributed by atoms with E-state index >= 15 is 0 Å². The second kappa shape index (κ2) is 4.08. The predicted octanol–water partition coefficient (Wildman–Crippen LogP) is 0.0135. The highest BCUT2D eigenvalue weighted by atomic mass is 16.4. The van der Waals surface area contributed by atoms with Crippen LogP contribution in [0.1, 0.15) is 20.3 Å². The molecule has 0 saturated carbocycles. The van der Waals surface area contributed by atoms with Crippen molar-refractivity contribution in [3.05, 3.63) is 0 Å². The first kappa shape index (κ1) is 10.1. The number of Topliss-reactive ketones (excluding diaryl/α,β-unsaturated/α-hetero) is 1. The summed E-state index contributed by atoms with van der Waals surface area (Å²) in [6.45, 7) is 3.49. The standard InChI is InChI=1S/C7H13NO3/c1-3-4(2)6(9)5(8)7(10)11/h4-5H,3,8H2,1-2H3,(H,10,11). The molecule has 0 fully saturated rings. The Morgan fingerprint density at radius 2 is 2.00 bits per heavy atom. The van der Waals surface area contributed by atoms with E-state index < -0.39 is 17.8 Å². The molecule has 0 bridgehead atoms. The van der Waals surface area contributed by atoms with E-state index in [9.17, 15) is 9.59 Å². The number of hydrogen-bond donors (Lipinski definition) is 2. The van der Waals surface area contributed by atoms with E-state index in [0.717, 1.165) is 0 Å². The van der Waals surface area contributed by atoms with Gasteiger partial charge in [-0.3, -0.25) is 9.59 Å². The molecular weight excluding hydrogens is 146 g/mol. The van der Waals surface area contributed by atoms with Gasteiger partial charge in [-0.1, -0.05) is 13.8 Å². The highest BCUT2D eigenvalue weighted by Gasteiger charge is 2.24. The summed E-state index contributed by atoms with van der Waals surface area (Å²) in [5.74, 6) is -1.92. The summed E-state index contributed by atoms with van der Waals surface area (Å²) in [5.41, 5.74) is 5.09. The zero-order valence-electron chi connectivity index (χ0n) is 6.70. The number of carboxylic acid groups (broad SMARTS) is 1. The Hall–Kier alpha value is -0.900. The fourth-order valence-electron chi connectivity index (χ4n) is 0.629. The summed E-state index contributed by atoms with van der Waals surface area (Å²) < 4.78 is 0. The molecule has 2 unspecified atom stereocenters. The van der Waals surface area contributed by atoms with Crippen LogP contribution in [0, 0.1) is 5.92 Å². The largest absolute Gasteiger partial charge is 0.480 e. The van der Waals surface area contributed by atoms with Crippen molar-refractivity contribution in [1.29, 1.82) is 0 Å². The topological polar surface area (TPSA) is 80.4 Å². The van der Waals surface area contributed by atoms with Gasteiger partial charge in [0, 0.05) is 5.92 Å². The van der Waals surface area contributed by atoms with Gasteiger partial charge in [0.25, 0.3) is 0 Å². The maximum atomic E-state index is 11.0. The van der Waals surface area contributed by atoms with E-state index in [2.05, 4.69) is 0 Å². The Kier molecular flexibility index (Phi) is 3.74. The van der Waals surface area contributed by atoms with Crippen molar-refractivity contribution < 1.29 is 14.7 Å². The van der Waals surface area contributed by atoms with E-state index in [1.165, 1.54) is 0 Å². The second-order valence-corrected chi connectivity index (χ2v) is 2.53. The number of carbonyl (C=O) groups excluding carboxylic acids is 1.